The first-order valence-corrected chi connectivity index (χ1v) is 8.11. The molecule has 1 aliphatic rings. The first-order chi connectivity index (χ1) is 8.91. The monoisotopic (exact) mass is 287 g/mol. The Labute approximate surface area is 122 Å². The number of nitrogens with zero attached hydrogens (tertiary/aromatic N) is 1. The average molecular weight is 287 g/mol. The normalized spacial score (nSPS) is 24.6. The fourth-order valence-electron chi connectivity index (χ4n) is 1.92. The molecular weight excluding hydrogens is 258 g/mol. The van der Waals surface area contributed by atoms with Gasteiger partial charge in [-0.2, -0.15) is 11.8 Å². The van der Waals surface area contributed by atoms with E-state index in [1.54, 1.807) is 7.11 Å². The predicted octanol–water partition coefficient (Wildman–Crippen LogP) is 2.25. The summed E-state index contributed by atoms with van der Waals surface area (Å²) in [5.74, 6) is 2.17. The number of hydrogen-bond acceptors (Lipinski definition) is 3. The van der Waals surface area contributed by atoms with Gasteiger partial charge in [0.2, 0.25) is 0 Å². The minimum Gasteiger partial charge on any atom is -0.377 e. The Morgan fingerprint density at radius 3 is 2.68 bits per heavy atom. The lowest BCUT2D eigenvalue weighted by Crippen LogP contribution is -2.44. The van der Waals surface area contributed by atoms with Crippen molar-refractivity contribution in [2.45, 2.75) is 50.9 Å². The molecule has 0 radical (unpaired) electrons. The Bertz CT molecular complexity index is 299. The Kier molecular flexibility index (Phi) is 6.47. The molecule has 112 valence electrons. The molecular formula is C14H29N3OS. The lowest BCUT2D eigenvalue weighted by atomic mass is 10.1. The van der Waals surface area contributed by atoms with Crippen molar-refractivity contribution in [3.05, 3.63) is 0 Å². The Morgan fingerprint density at radius 2 is 2.16 bits per heavy atom. The maximum atomic E-state index is 5.40. The highest BCUT2D eigenvalue weighted by Gasteiger charge is 2.29. The molecule has 5 heteroatoms. The van der Waals surface area contributed by atoms with Gasteiger partial charge in [0.05, 0.1) is 12.1 Å². The zero-order valence-corrected chi connectivity index (χ0v) is 13.8. The summed E-state index contributed by atoms with van der Waals surface area (Å²) in [5.41, 5.74) is -0.214. The molecule has 1 atom stereocenters. The number of ether oxygens (including phenoxy) is 1. The second-order valence-corrected chi connectivity index (χ2v) is 7.60. The summed E-state index contributed by atoms with van der Waals surface area (Å²) >= 11 is 2.06. The molecule has 0 aromatic rings. The van der Waals surface area contributed by atoms with Crippen LogP contribution in [0.15, 0.2) is 4.99 Å². The minimum absolute atomic E-state index is 0.214. The van der Waals surface area contributed by atoms with Gasteiger partial charge in [-0.25, -0.2) is 0 Å². The van der Waals surface area contributed by atoms with E-state index in [0.717, 1.165) is 19.0 Å². The van der Waals surface area contributed by atoms with Crippen LogP contribution in [0.3, 0.4) is 0 Å². The number of aliphatic imine (C=N–C) groups is 1. The minimum atomic E-state index is -0.214. The second-order valence-electron chi connectivity index (χ2n) is 5.91. The summed E-state index contributed by atoms with van der Waals surface area (Å²) < 4.78 is 5.75. The molecule has 0 amide bonds. The highest BCUT2D eigenvalue weighted by Crippen LogP contribution is 2.36. The van der Waals surface area contributed by atoms with E-state index in [4.69, 9.17) is 4.74 Å². The van der Waals surface area contributed by atoms with Crippen LogP contribution >= 0.6 is 11.8 Å². The van der Waals surface area contributed by atoms with Crippen molar-refractivity contribution < 1.29 is 4.74 Å². The number of methoxy groups -OCH3 is 1. The van der Waals surface area contributed by atoms with Gasteiger partial charge in [-0.05, 0) is 46.3 Å². The van der Waals surface area contributed by atoms with Crippen molar-refractivity contribution in [2.24, 2.45) is 4.99 Å². The standard InChI is InChI=1S/C14H29N3OS/c1-6-15-12(16-10-13(2,3)18-5)17-11-14(4)8-7-9-19-14/h6-11H2,1-5H3,(H2,15,16,17). The topological polar surface area (TPSA) is 45.7 Å². The van der Waals surface area contributed by atoms with E-state index in [1.165, 1.54) is 18.6 Å². The molecule has 1 saturated heterocycles. The van der Waals surface area contributed by atoms with Crippen LogP contribution in [-0.4, -0.2) is 48.8 Å². The third-order valence-corrected chi connectivity index (χ3v) is 4.98. The fraction of sp³-hybridized carbons (Fsp3) is 0.929. The van der Waals surface area contributed by atoms with Crippen LogP contribution in [0.25, 0.3) is 0 Å². The van der Waals surface area contributed by atoms with Gasteiger partial charge in [-0.1, -0.05) is 0 Å². The van der Waals surface area contributed by atoms with Crippen LogP contribution in [0.5, 0.6) is 0 Å². The van der Waals surface area contributed by atoms with E-state index in [1.807, 2.05) is 13.8 Å². The molecule has 1 fully saturated rings. The van der Waals surface area contributed by atoms with Gasteiger partial charge in [-0.15, -0.1) is 0 Å². The van der Waals surface area contributed by atoms with Crippen molar-refractivity contribution in [1.82, 2.24) is 10.6 Å². The van der Waals surface area contributed by atoms with E-state index in [9.17, 15) is 0 Å². The summed E-state index contributed by atoms with van der Waals surface area (Å²) in [4.78, 5) is 4.61. The van der Waals surface area contributed by atoms with Crippen LogP contribution < -0.4 is 10.6 Å². The summed E-state index contributed by atoms with van der Waals surface area (Å²) in [6.07, 6.45) is 2.61. The average Bonchev–Trinajstić information content (AvgIpc) is 2.80. The molecule has 0 aliphatic carbocycles. The molecule has 0 spiro atoms. The largest absolute Gasteiger partial charge is 0.377 e. The lowest BCUT2D eigenvalue weighted by molar-refractivity contribution is 0.0310. The van der Waals surface area contributed by atoms with Gasteiger partial charge in [0.1, 0.15) is 0 Å². The number of guanidine groups is 1. The third-order valence-electron chi connectivity index (χ3n) is 3.45. The van der Waals surface area contributed by atoms with Gasteiger partial charge < -0.3 is 15.4 Å². The van der Waals surface area contributed by atoms with Gasteiger partial charge in [0, 0.05) is 24.9 Å². The highest BCUT2D eigenvalue weighted by atomic mass is 32.2. The van der Waals surface area contributed by atoms with E-state index in [2.05, 4.69) is 41.2 Å². The first kappa shape index (κ1) is 16.6. The molecule has 1 heterocycles. The Balaban J connectivity index is 2.49. The predicted molar refractivity (Wildman–Crippen MR) is 85.2 cm³/mol. The molecule has 0 bridgehead atoms. The van der Waals surface area contributed by atoms with E-state index >= 15 is 0 Å². The zero-order chi connectivity index (χ0) is 14.4. The molecule has 1 rings (SSSR count). The SMILES string of the molecule is CCNC(=NCC(C)(C)OC)NCC1(C)CCCS1. The third kappa shape index (κ3) is 6.04. The highest BCUT2D eigenvalue weighted by molar-refractivity contribution is 8.00. The zero-order valence-electron chi connectivity index (χ0n) is 13.0. The van der Waals surface area contributed by atoms with Gasteiger partial charge in [0.15, 0.2) is 5.96 Å². The van der Waals surface area contributed by atoms with E-state index in [0.29, 0.717) is 11.3 Å². The molecule has 0 aromatic heterocycles. The summed E-state index contributed by atoms with van der Waals surface area (Å²) in [6.45, 7) is 11.0. The van der Waals surface area contributed by atoms with Crippen molar-refractivity contribution in [1.29, 1.82) is 0 Å². The van der Waals surface area contributed by atoms with Gasteiger partial charge >= 0.3 is 0 Å². The Morgan fingerprint density at radius 1 is 1.42 bits per heavy atom. The van der Waals surface area contributed by atoms with Crippen molar-refractivity contribution >= 4 is 17.7 Å². The molecule has 4 nitrogen and oxygen atoms in total. The van der Waals surface area contributed by atoms with Crippen LogP contribution in [-0.2, 0) is 4.74 Å². The fourth-order valence-corrected chi connectivity index (χ4v) is 3.17. The molecule has 19 heavy (non-hydrogen) atoms. The van der Waals surface area contributed by atoms with Gasteiger partial charge in [0.25, 0.3) is 0 Å². The number of rotatable bonds is 6. The van der Waals surface area contributed by atoms with Crippen molar-refractivity contribution in [3.63, 3.8) is 0 Å². The summed E-state index contributed by atoms with van der Waals surface area (Å²) in [6, 6.07) is 0. The summed E-state index contributed by atoms with van der Waals surface area (Å²) in [7, 11) is 1.73. The maximum Gasteiger partial charge on any atom is 0.191 e. The van der Waals surface area contributed by atoms with E-state index < -0.39 is 0 Å². The lowest BCUT2D eigenvalue weighted by Gasteiger charge is -2.25. The maximum absolute atomic E-state index is 5.40. The molecule has 1 unspecified atom stereocenters. The number of nitrogens with one attached hydrogen (secondary N) is 2. The van der Waals surface area contributed by atoms with Crippen LogP contribution in [0.4, 0.5) is 0 Å². The van der Waals surface area contributed by atoms with Crippen LogP contribution in [0.1, 0.15) is 40.5 Å². The molecule has 2 N–H and O–H groups in total. The number of hydrogen-bond donors (Lipinski definition) is 2. The summed E-state index contributed by atoms with van der Waals surface area (Å²) in [5, 5.41) is 6.76. The van der Waals surface area contributed by atoms with Gasteiger partial charge in [-0.3, -0.25) is 4.99 Å². The van der Waals surface area contributed by atoms with Crippen LogP contribution in [0.2, 0.25) is 0 Å². The number of thioether (sulfide) groups is 1. The van der Waals surface area contributed by atoms with E-state index in [-0.39, 0.29) is 5.60 Å². The smallest absolute Gasteiger partial charge is 0.191 e. The molecule has 0 saturated carbocycles. The molecule has 0 aromatic carbocycles. The first-order valence-electron chi connectivity index (χ1n) is 7.12. The second kappa shape index (κ2) is 7.39. The van der Waals surface area contributed by atoms with Crippen molar-refractivity contribution in [3.8, 4) is 0 Å². The molecule has 1 aliphatic heterocycles. The Hall–Kier alpha value is -0.420. The van der Waals surface area contributed by atoms with Crippen molar-refractivity contribution in [2.75, 3.05) is 32.5 Å². The van der Waals surface area contributed by atoms with Crippen LogP contribution in [0, 0.1) is 0 Å². The quantitative estimate of drug-likeness (QED) is 0.581.